The van der Waals surface area contributed by atoms with Crippen molar-refractivity contribution in [2.24, 2.45) is 0 Å². The number of rotatable bonds is 3. The lowest BCUT2D eigenvalue weighted by atomic mass is 9.94. The van der Waals surface area contributed by atoms with Crippen LogP contribution >= 0.6 is 11.6 Å². The molecule has 3 heterocycles. The second-order valence-corrected chi connectivity index (χ2v) is 7.88. The van der Waals surface area contributed by atoms with E-state index < -0.39 is 16.7 Å². The third-order valence-corrected chi connectivity index (χ3v) is 5.80. The molecular formula is C22H17ClF2N6O. The maximum Gasteiger partial charge on any atom is 0.154 e. The molecule has 3 aromatic heterocycles. The lowest BCUT2D eigenvalue weighted by molar-refractivity contribution is 0.179. The molecular weight excluding hydrogens is 438 g/mol. The highest BCUT2D eigenvalue weighted by Gasteiger charge is 2.26. The molecule has 1 aromatic carbocycles. The second kappa shape index (κ2) is 7.90. The summed E-state index contributed by atoms with van der Waals surface area (Å²) < 4.78 is 34.7. The molecule has 7 nitrogen and oxygen atoms in total. The third-order valence-electron chi connectivity index (χ3n) is 5.45. The minimum Gasteiger partial charge on any atom is -0.482 e. The summed E-state index contributed by atoms with van der Waals surface area (Å²) in [7, 11) is 0. The number of halogens is 3. The van der Waals surface area contributed by atoms with E-state index in [4.69, 9.17) is 22.1 Å². The summed E-state index contributed by atoms with van der Waals surface area (Å²) in [5, 5.41) is -0.232. The number of nitrogens with zero attached hydrogens (tertiary/aromatic N) is 5. The average molecular weight is 455 g/mol. The van der Waals surface area contributed by atoms with E-state index in [2.05, 4.69) is 24.9 Å². The molecule has 5 rings (SSSR count). The lowest BCUT2D eigenvalue weighted by Crippen LogP contribution is -2.18. The number of hydrogen-bond acceptors (Lipinski definition) is 7. The van der Waals surface area contributed by atoms with Crippen molar-refractivity contribution in [2.75, 3.05) is 5.73 Å². The van der Waals surface area contributed by atoms with Gasteiger partial charge in [-0.1, -0.05) is 11.6 Å². The number of benzene rings is 1. The van der Waals surface area contributed by atoms with Gasteiger partial charge in [-0.15, -0.1) is 0 Å². The molecule has 0 fully saturated rings. The summed E-state index contributed by atoms with van der Waals surface area (Å²) >= 11 is 5.76. The molecule has 162 valence electrons. The monoisotopic (exact) mass is 454 g/mol. The van der Waals surface area contributed by atoms with Gasteiger partial charge in [-0.05, 0) is 43.9 Å². The van der Waals surface area contributed by atoms with E-state index >= 15 is 0 Å². The predicted octanol–water partition coefficient (Wildman–Crippen LogP) is 4.76. The Morgan fingerprint density at radius 1 is 1.12 bits per heavy atom. The van der Waals surface area contributed by atoms with E-state index in [9.17, 15) is 8.78 Å². The highest BCUT2D eigenvalue weighted by molar-refractivity contribution is 6.31. The van der Waals surface area contributed by atoms with Crippen LogP contribution in [-0.2, 0) is 6.42 Å². The molecule has 10 heteroatoms. The Kier molecular flexibility index (Phi) is 5.05. The number of pyridine rings is 1. The van der Waals surface area contributed by atoms with Crippen molar-refractivity contribution < 1.29 is 13.5 Å². The van der Waals surface area contributed by atoms with Gasteiger partial charge < -0.3 is 10.5 Å². The van der Waals surface area contributed by atoms with Crippen molar-refractivity contribution >= 4 is 28.3 Å². The van der Waals surface area contributed by atoms with Crippen LogP contribution in [0.1, 0.15) is 36.0 Å². The summed E-state index contributed by atoms with van der Waals surface area (Å²) in [5.41, 5.74) is 8.44. The van der Waals surface area contributed by atoms with Gasteiger partial charge in [-0.2, -0.15) is 0 Å². The van der Waals surface area contributed by atoms with E-state index in [1.165, 1.54) is 18.6 Å². The summed E-state index contributed by atoms with van der Waals surface area (Å²) in [6.07, 6.45) is 6.74. The largest absolute Gasteiger partial charge is 0.482 e. The first-order chi connectivity index (χ1) is 15.4. The molecule has 4 aromatic rings. The van der Waals surface area contributed by atoms with Crippen LogP contribution in [0, 0.1) is 18.6 Å². The quantitative estimate of drug-likeness (QED) is 0.445. The molecule has 0 amide bonds. The zero-order valence-electron chi connectivity index (χ0n) is 16.9. The van der Waals surface area contributed by atoms with Crippen molar-refractivity contribution in [1.82, 2.24) is 24.9 Å². The van der Waals surface area contributed by atoms with Gasteiger partial charge in [0.1, 0.15) is 40.4 Å². The first-order valence-electron chi connectivity index (χ1n) is 9.96. The smallest absolute Gasteiger partial charge is 0.154 e. The molecule has 32 heavy (non-hydrogen) atoms. The number of aromatic nitrogens is 5. The molecule has 0 saturated heterocycles. The summed E-state index contributed by atoms with van der Waals surface area (Å²) in [5.74, 6) is -0.634. The van der Waals surface area contributed by atoms with Crippen LogP contribution in [0.2, 0.25) is 5.02 Å². The summed E-state index contributed by atoms with van der Waals surface area (Å²) in [6, 6.07) is 2.33. The van der Waals surface area contributed by atoms with Crippen molar-refractivity contribution in [3.63, 3.8) is 0 Å². The Labute approximate surface area is 186 Å². The van der Waals surface area contributed by atoms with E-state index in [-0.39, 0.29) is 28.7 Å². The van der Waals surface area contributed by atoms with Crippen LogP contribution < -0.4 is 10.5 Å². The van der Waals surface area contributed by atoms with Crippen LogP contribution in [0.4, 0.5) is 14.6 Å². The number of anilines is 1. The van der Waals surface area contributed by atoms with E-state index in [0.29, 0.717) is 17.0 Å². The number of nitrogens with two attached hydrogens (primary N) is 1. The van der Waals surface area contributed by atoms with Gasteiger partial charge in [0.05, 0.1) is 23.0 Å². The molecule has 0 aliphatic heterocycles. The average Bonchev–Trinajstić information content (AvgIpc) is 2.79. The Morgan fingerprint density at radius 2 is 1.97 bits per heavy atom. The zero-order valence-corrected chi connectivity index (χ0v) is 17.7. The third kappa shape index (κ3) is 3.38. The highest BCUT2D eigenvalue weighted by atomic mass is 35.5. The zero-order chi connectivity index (χ0) is 22.4. The predicted molar refractivity (Wildman–Crippen MR) is 115 cm³/mol. The SMILES string of the molecule is Cc1ncc2c(n1)[C@H](Oc1cnc(-c3ccc(F)c(Cl)c3F)c3ncnc(N)c13)CCC2. The molecule has 2 N–H and O–H groups in total. The number of fused-ring (bicyclic) bond motifs is 2. The molecule has 0 spiro atoms. The maximum absolute atomic E-state index is 14.7. The molecule has 1 atom stereocenters. The number of nitrogen functional groups attached to an aromatic ring is 1. The molecule has 0 bridgehead atoms. The van der Waals surface area contributed by atoms with Gasteiger partial charge >= 0.3 is 0 Å². The fourth-order valence-corrected chi connectivity index (χ4v) is 4.10. The van der Waals surface area contributed by atoms with Gasteiger partial charge in [0.2, 0.25) is 0 Å². The highest BCUT2D eigenvalue weighted by Crippen LogP contribution is 2.39. The van der Waals surface area contributed by atoms with Crippen LogP contribution in [0.3, 0.4) is 0 Å². The molecule has 0 unspecified atom stereocenters. The Morgan fingerprint density at radius 3 is 2.81 bits per heavy atom. The van der Waals surface area contributed by atoms with Crippen LogP contribution in [-0.4, -0.2) is 24.9 Å². The minimum absolute atomic E-state index is 0.00238. The Bertz CT molecular complexity index is 1370. The van der Waals surface area contributed by atoms with Crippen molar-refractivity contribution in [3.8, 4) is 17.0 Å². The van der Waals surface area contributed by atoms with E-state index in [1.807, 2.05) is 13.1 Å². The molecule has 0 radical (unpaired) electrons. The fourth-order valence-electron chi connectivity index (χ4n) is 3.93. The summed E-state index contributed by atoms with van der Waals surface area (Å²) in [4.78, 5) is 21.5. The van der Waals surface area contributed by atoms with Crippen LogP contribution in [0.25, 0.3) is 22.2 Å². The first kappa shape index (κ1) is 20.4. The van der Waals surface area contributed by atoms with E-state index in [1.54, 1.807) is 0 Å². The van der Waals surface area contributed by atoms with Crippen molar-refractivity contribution in [1.29, 1.82) is 0 Å². The second-order valence-electron chi connectivity index (χ2n) is 7.50. The lowest BCUT2D eigenvalue weighted by Gasteiger charge is -2.26. The Hall–Kier alpha value is -3.46. The number of hydrogen-bond donors (Lipinski definition) is 1. The minimum atomic E-state index is -0.931. The van der Waals surface area contributed by atoms with Gasteiger partial charge in [0.25, 0.3) is 0 Å². The van der Waals surface area contributed by atoms with Gasteiger partial charge in [-0.25, -0.2) is 33.7 Å². The summed E-state index contributed by atoms with van der Waals surface area (Å²) in [6.45, 7) is 1.83. The maximum atomic E-state index is 14.7. The molecule has 1 aliphatic rings. The molecule has 1 aliphatic carbocycles. The van der Waals surface area contributed by atoms with Crippen LogP contribution in [0.5, 0.6) is 5.75 Å². The van der Waals surface area contributed by atoms with E-state index in [0.717, 1.165) is 36.6 Å². The van der Waals surface area contributed by atoms with Crippen molar-refractivity contribution in [3.05, 3.63) is 64.6 Å². The van der Waals surface area contributed by atoms with Gasteiger partial charge in [-0.3, -0.25) is 0 Å². The number of aryl methyl sites for hydroxylation is 2. The van der Waals surface area contributed by atoms with Gasteiger partial charge in [0.15, 0.2) is 11.6 Å². The van der Waals surface area contributed by atoms with Crippen LogP contribution in [0.15, 0.2) is 30.9 Å². The van der Waals surface area contributed by atoms with Gasteiger partial charge in [0, 0.05) is 11.8 Å². The Balaban J connectivity index is 1.64. The fraction of sp³-hybridized carbons (Fsp3) is 0.227. The standard InChI is InChI=1S/C22H17ClF2N6O/c1-10-27-7-11-3-2-4-14(19(11)31-10)32-15-8-28-20(21-16(15)22(26)30-9-29-21)12-5-6-13(24)17(23)18(12)25/h5-9,14H,2-4H2,1H3,(H2,26,29,30)/t14-/m1/s1. The normalized spacial score (nSPS) is 15.6. The van der Waals surface area contributed by atoms with Crippen molar-refractivity contribution in [2.45, 2.75) is 32.3 Å². The number of ether oxygens (including phenoxy) is 1. The first-order valence-corrected chi connectivity index (χ1v) is 10.3. The topological polar surface area (TPSA) is 99.7 Å². The molecule has 0 saturated carbocycles.